The van der Waals surface area contributed by atoms with E-state index in [2.05, 4.69) is 11.8 Å². The smallest absolute Gasteiger partial charge is 0.0174 e. The van der Waals surface area contributed by atoms with Crippen molar-refractivity contribution in [2.24, 2.45) is 5.92 Å². The molecule has 0 radical (unpaired) electrons. The Kier molecular flexibility index (Phi) is 4.70. The molecule has 1 nitrogen and oxygen atoms in total. The van der Waals surface area contributed by atoms with E-state index in [1.165, 1.54) is 32.4 Å². The van der Waals surface area contributed by atoms with Crippen LogP contribution in [0.5, 0.6) is 0 Å². The van der Waals surface area contributed by atoms with E-state index in [0.29, 0.717) is 0 Å². The zero-order chi connectivity index (χ0) is 8.81. The Morgan fingerprint density at radius 3 is 3.08 bits per heavy atom. The molecule has 0 aromatic heterocycles. The van der Waals surface area contributed by atoms with Crippen molar-refractivity contribution in [1.82, 2.24) is 4.90 Å². The molecule has 2 heteroatoms. The lowest BCUT2D eigenvalue weighted by Crippen LogP contribution is -2.35. The van der Waals surface area contributed by atoms with Crippen LogP contribution in [0, 0.1) is 5.92 Å². The monoisotopic (exact) mass is 187 g/mol. The van der Waals surface area contributed by atoms with Crippen LogP contribution >= 0.6 is 11.6 Å². The first-order valence-electron chi connectivity index (χ1n) is 4.84. The molecule has 0 N–H and O–H groups in total. The van der Waals surface area contributed by atoms with Crippen LogP contribution in [-0.2, 0) is 0 Å². The van der Waals surface area contributed by atoms with Crippen molar-refractivity contribution in [3.8, 4) is 0 Å². The number of hydrogen-bond acceptors (Lipinski definition) is 1. The molecule has 0 amide bonds. The van der Waals surface area contributed by atoms with Gasteiger partial charge in [0.05, 0.1) is 0 Å². The molecule has 1 aliphatic rings. The van der Waals surface area contributed by atoms with Gasteiger partial charge in [0.1, 0.15) is 0 Å². The first-order chi connectivity index (χ1) is 5.86. The molecule has 1 fully saturated rings. The summed E-state index contributed by atoms with van der Waals surface area (Å²) in [7, 11) is 0. The highest BCUT2D eigenvalue weighted by molar-refractivity contribution is 6.25. The van der Waals surface area contributed by atoms with E-state index < -0.39 is 0 Å². The number of piperidine rings is 1. The van der Waals surface area contributed by atoms with E-state index in [1.54, 1.807) is 5.54 Å². The van der Waals surface area contributed by atoms with Gasteiger partial charge in [-0.3, -0.25) is 4.90 Å². The molecule has 12 heavy (non-hydrogen) atoms. The van der Waals surface area contributed by atoms with E-state index >= 15 is 0 Å². The minimum atomic E-state index is 0.919. The largest absolute Gasteiger partial charge is 0.299 e. The average Bonchev–Trinajstić information content (AvgIpc) is 2.15. The summed E-state index contributed by atoms with van der Waals surface area (Å²) < 4.78 is 0. The first-order valence-corrected chi connectivity index (χ1v) is 5.28. The molecule has 1 aliphatic heterocycles. The van der Waals surface area contributed by atoms with Crippen molar-refractivity contribution in [2.45, 2.75) is 26.2 Å². The zero-order valence-corrected chi connectivity index (χ0v) is 8.56. The lowest BCUT2D eigenvalue weighted by Gasteiger charge is -2.31. The van der Waals surface area contributed by atoms with Crippen molar-refractivity contribution >= 4 is 11.6 Å². The Morgan fingerprint density at radius 1 is 1.58 bits per heavy atom. The second kappa shape index (κ2) is 5.60. The van der Waals surface area contributed by atoms with Gasteiger partial charge in [0.15, 0.2) is 0 Å². The summed E-state index contributed by atoms with van der Waals surface area (Å²) >= 11 is 5.48. The Hall–Kier alpha value is -0.0100. The maximum Gasteiger partial charge on any atom is 0.0174 e. The van der Waals surface area contributed by atoms with Crippen LogP contribution in [0.15, 0.2) is 11.6 Å². The van der Waals surface area contributed by atoms with Gasteiger partial charge in [-0.2, -0.15) is 0 Å². The maximum absolute atomic E-state index is 5.48. The van der Waals surface area contributed by atoms with E-state index in [9.17, 15) is 0 Å². The minimum Gasteiger partial charge on any atom is -0.299 e. The minimum absolute atomic E-state index is 0.919. The fraction of sp³-hybridized carbons (Fsp3) is 0.800. The highest BCUT2D eigenvalue weighted by atomic mass is 35.5. The summed E-state index contributed by atoms with van der Waals surface area (Å²) in [6.07, 6.45) is 6.12. The van der Waals surface area contributed by atoms with Crippen LogP contribution in [0.2, 0.25) is 0 Å². The topological polar surface area (TPSA) is 3.24 Å². The second-order valence-corrected chi connectivity index (χ2v) is 3.79. The van der Waals surface area contributed by atoms with Crippen LogP contribution in [0.3, 0.4) is 0 Å². The highest BCUT2D eigenvalue weighted by Gasteiger charge is 2.16. The lowest BCUT2D eigenvalue weighted by atomic mass is 9.96. The van der Waals surface area contributed by atoms with Crippen molar-refractivity contribution in [2.75, 3.05) is 19.6 Å². The molecule has 0 spiro atoms. The van der Waals surface area contributed by atoms with E-state index in [1.807, 2.05) is 6.08 Å². The van der Waals surface area contributed by atoms with Gasteiger partial charge in [-0.15, -0.1) is 0 Å². The second-order valence-electron chi connectivity index (χ2n) is 3.54. The van der Waals surface area contributed by atoms with Crippen LogP contribution in [0.25, 0.3) is 0 Å². The molecule has 0 saturated carbocycles. The van der Waals surface area contributed by atoms with Gasteiger partial charge in [-0.05, 0) is 25.3 Å². The van der Waals surface area contributed by atoms with Crippen LogP contribution in [0.4, 0.5) is 0 Å². The van der Waals surface area contributed by atoms with Crippen molar-refractivity contribution in [1.29, 1.82) is 0 Å². The van der Waals surface area contributed by atoms with Crippen molar-refractivity contribution in [3.63, 3.8) is 0 Å². The molecule has 0 aliphatic carbocycles. The van der Waals surface area contributed by atoms with Gasteiger partial charge in [0, 0.05) is 18.6 Å². The summed E-state index contributed by atoms with van der Waals surface area (Å²) in [4.78, 5) is 2.48. The predicted molar refractivity (Wildman–Crippen MR) is 54.4 cm³/mol. The molecule has 1 atom stereocenters. The van der Waals surface area contributed by atoms with E-state index in [4.69, 9.17) is 11.6 Å². The first kappa shape index (κ1) is 10.1. The van der Waals surface area contributed by atoms with Crippen molar-refractivity contribution < 1.29 is 0 Å². The SMILES string of the molecule is CCC1CCCN(C/C=C/Cl)C1. The number of likely N-dealkylation sites (tertiary alicyclic amines) is 1. The highest BCUT2D eigenvalue weighted by Crippen LogP contribution is 2.18. The Bertz CT molecular complexity index is 145. The molecule has 70 valence electrons. The molecule has 1 rings (SSSR count). The molecule has 0 bridgehead atoms. The molecular weight excluding hydrogens is 170 g/mol. The Balaban J connectivity index is 2.25. The summed E-state index contributed by atoms with van der Waals surface area (Å²) in [5, 5.41) is 0. The van der Waals surface area contributed by atoms with Crippen LogP contribution in [-0.4, -0.2) is 24.5 Å². The summed E-state index contributed by atoms with van der Waals surface area (Å²) in [6, 6.07) is 0. The van der Waals surface area contributed by atoms with Gasteiger partial charge in [-0.1, -0.05) is 31.0 Å². The Labute approximate surface area is 80.4 Å². The van der Waals surface area contributed by atoms with Gasteiger partial charge >= 0.3 is 0 Å². The fourth-order valence-electron chi connectivity index (χ4n) is 1.84. The number of hydrogen-bond donors (Lipinski definition) is 0. The van der Waals surface area contributed by atoms with Gasteiger partial charge in [0.2, 0.25) is 0 Å². The molecular formula is C10H18ClN. The number of rotatable bonds is 3. The van der Waals surface area contributed by atoms with E-state index in [0.717, 1.165) is 12.5 Å². The van der Waals surface area contributed by atoms with E-state index in [-0.39, 0.29) is 0 Å². The third kappa shape index (κ3) is 3.16. The zero-order valence-electron chi connectivity index (χ0n) is 7.80. The number of nitrogens with zero attached hydrogens (tertiary/aromatic N) is 1. The van der Waals surface area contributed by atoms with Gasteiger partial charge in [-0.25, -0.2) is 0 Å². The quantitative estimate of drug-likeness (QED) is 0.657. The van der Waals surface area contributed by atoms with Crippen LogP contribution in [0.1, 0.15) is 26.2 Å². The van der Waals surface area contributed by atoms with Gasteiger partial charge < -0.3 is 0 Å². The maximum atomic E-state index is 5.48. The molecule has 0 aromatic rings. The predicted octanol–water partition coefficient (Wildman–Crippen LogP) is 2.86. The van der Waals surface area contributed by atoms with Crippen LogP contribution < -0.4 is 0 Å². The summed E-state index contributed by atoms with van der Waals surface area (Å²) in [6.45, 7) is 5.82. The standard InChI is InChI=1S/C10H18ClN/c1-2-10-5-3-7-12(9-10)8-4-6-11/h4,6,10H,2-3,5,7-9H2,1H3/b6-4+. The third-order valence-corrected chi connectivity index (χ3v) is 2.81. The fourth-order valence-corrected chi connectivity index (χ4v) is 1.92. The van der Waals surface area contributed by atoms with Gasteiger partial charge in [0.25, 0.3) is 0 Å². The number of halogens is 1. The normalized spacial score (nSPS) is 26.7. The lowest BCUT2D eigenvalue weighted by molar-refractivity contribution is 0.188. The summed E-state index contributed by atoms with van der Waals surface area (Å²) in [5.74, 6) is 0.919. The molecule has 1 unspecified atom stereocenters. The average molecular weight is 188 g/mol. The molecule has 1 saturated heterocycles. The molecule has 0 aromatic carbocycles. The molecule has 1 heterocycles. The van der Waals surface area contributed by atoms with Crippen molar-refractivity contribution in [3.05, 3.63) is 11.6 Å². The summed E-state index contributed by atoms with van der Waals surface area (Å²) in [5.41, 5.74) is 1.62. The Morgan fingerprint density at radius 2 is 2.42 bits per heavy atom. The third-order valence-electron chi connectivity index (χ3n) is 2.63.